The number of amides is 1. The molecule has 3 N–H and O–H groups in total. The summed E-state index contributed by atoms with van der Waals surface area (Å²) >= 11 is 0. The van der Waals surface area contributed by atoms with Gasteiger partial charge in [-0.15, -0.1) is 0 Å². The maximum atomic E-state index is 12.9. The van der Waals surface area contributed by atoms with Crippen LogP contribution < -0.4 is 5.32 Å². The lowest BCUT2D eigenvalue weighted by atomic mass is 10.0. The van der Waals surface area contributed by atoms with E-state index in [4.69, 9.17) is 24.5 Å². The van der Waals surface area contributed by atoms with Gasteiger partial charge in [0, 0.05) is 69.7 Å². The number of rotatable bonds is 4. The minimum absolute atomic E-state index is 0.0526. The first-order valence-corrected chi connectivity index (χ1v) is 11.9. The lowest BCUT2D eigenvalue weighted by Crippen LogP contribution is -2.44. The fourth-order valence-corrected chi connectivity index (χ4v) is 3.95. The SMILES string of the molecule is O=C(NCc1cccnc1)C1CN(C2CCOCC2)Cc2cccn2C1.O=C(O)C(F)(F)F.O=C(O)C(F)(F)F. The summed E-state index contributed by atoms with van der Waals surface area (Å²) in [6, 6.07) is 8.62. The van der Waals surface area contributed by atoms with Crippen LogP contribution in [0.4, 0.5) is 26.3 Å². The lowest BCUT2D eigenvalue weighted by Gasteiger charge is -2.34. The second-order valence-electron chi connectivity index (χ2n) is 8.81. The van der Waals surface area contributed by atoms with Crippen molar-refractivity contribution in [3.05, 3.63) is 54.1 Å². The van der Waals surface area contributed by atoms with Crippen molar-refractivity contribution in [3.63, 3.8) is 0 Å². The largest absolute Gasteiger partial charge is 0.490 e. The Labute approximate surface area is 224 Å². The van der Waals surface area contributed by atoms with Crippen molar-refractivity contribution < 1.29 is 55.7 Å². The van der Waals surface area contributed by atoms with E-state index in [2.05, 4.69) is 38.1 Å². The second kappa shape index (κ2) is 14.6. The van der Waals surface area contributed by atoms with Gasteiger partial charge in [-0.2, -0.15) is 26.3 Å². The average molecular weight is 582 g/mol. The lowest BCUT2D eigenvalue weighted by molar-refractivity contribution is -0.193. The number of pyridine rings is 1. The van der Waals surface area contributed by atoms with Gasteiger partial charge in [0.15, 0.2) is 0 Å². The molecule has 222 valence electrons. The molecule has 1 saturated heterocycles. The van der Waals surface area contributed by atoms with Gasteiger partial charge in [0.25, 0.3) is 0 Å². The van der Waals surface area contributed by atoms with E-state index in [1.165, 1.54) is 5.69 Å². The Morgan fingerprint density at radius 1 is 0.975 bits per heavy atom. The van der Waals surface area contributed by atoms with Crippen molar-refractivity contribution in [1.29, 1.82) is 0 Å². The molecular weight excluding hydrogens is 554 g/mol. The van der Waals surface area contributed by atoms with Gasteiger partial charge < -0.3 is 24.8 Å². The van der Waals surface area contributed by atoms with Crippen LogP contribution in [0.1, 0.15) is 24.1 Å². The molecule has 0 saturated carbocycles. The molecule has 0 bridgehead atoms. The van der Waals surface area contributed by atoms with Gasteiger partial charge in [-0.1, -0.05) is 6.07 Å². The average Bonchev–Trinajstić information content (AvgIpc) is 3.25. The van der Waals surface area contributed by atoms with E-state index in [0.29, 0.717) is 12.6 Å². The zero-order valence-electron chi connectivity index (χ0n) is 21.0. The van der Waals surface area contributed by atoms with Crippen molar-refractivity contribution in [2.75, 3.05) is 19.8 Å². The Bertz CT molecular complexity index is 1080. The number of hydrogen-bond acceptors (Lipinski definition) is 6. The number of ether oxygens (including phenoxy) is 1. The molecular formula is C24H28F6N4O6. The van der Waals surface area contributed by atoms with Crippen LogP contribution in [0.2, 0.25) is 0 Å². The van der Waals surface area contributed by atoms with E-state index in [-0.39, 0.29) is 11.8 Å². The molecule has 0 aliphatic carbocycles. The number of carbonyl (C=O) groups is 3. The van der Waals surface area contributed by atoms with Gasteiger partial charge in [-0.3, -0.25) is 14.7 Å². The number of halogens is 6. The number of carbonyl (C=O) groups excluding carboxylic acids is 1. The number of aromatic nitrogens is 2. The van der Waals surface area contributed by atoms with Gasteiger partial charge in [-0.05, 0) is 36.6 Å². The zero-order chi connectivity index (χ0) is 29.9. The molecule has 10 nitrogen and oxygen atoms in total. The van der Waals surface area contributed by atoms with Crippen LogP contribution in [-0.4, -0.2) is 80.7 Å². The molecule has 0 spiro atoms. The smallest absolute Gasteiger partial charge is 0.475 e. The molecule has 1 fully saturated rings. The second-order valence-corrected chi connectivity index (χ2v) is 8.81. The summed E-state index contributed by atoms with van der Waals surface area (Å²) < 4.78 is 71.2. The zero-order valence-corrected chi connectivity index (χ0v) is 21.0. The van der Waals surface area contributed by atoms with Crippen LogP contribution in [0, 0.1) is 5.92 Å². The molecule has 1 atom stereocenters. The highest BCUT2D eigenvalue weighted by Gasteiger charge is 2.39. The molecule has 4 heterocycles. The van der Waals surface area contributed by atoms with Gasteiger partial charge >= 0.3 is 24.3 Å². The normalized spacial score (nSPS) is 18.1. The molecule has 2 aliphatic heterocycles. The predicted molar refractivity (Wildman–Crippen MR) is 126 cm³/mol. The third-order valence-electron chi connectivity index (χ3n) is 5.91. The summed E-state index contributed by atoms with van der Waals surface area (Å²) in [5, 5.41) is 17.3. The first kappa shape index (κ1) is 32.6. The summed E-state index contributed by atoms with van der Waals surface area (Å²) in [5.41, 5.74) is 2.32. The third kappa shape index (κ3) is 10.8. The standard InChI is InChI=1S/C20H26N4O2.2C2HF3O2/c25-20(22-12-16-3-1-7-21-11-16)17-13-23-8-2-4-19(23)15-24(14-17)18-5-9-26-10-6-18;2*3-2(4,5)1(6)7/h1-4,7-8,11,17-18H,5-6,9-10,12-15H2,(H,22,25);2*(H,6,7). The van der Waals surface area contributed by atoms with Crippen molar-refractivity contribution in [1.82, 2.24) is 19.8 Å². The number of nitrogens with one attached hydrogen (secondary N) is 1. The summed E-state index contributed by atoms with van der Waals surface area (Å²) in [7, 11) is 0. The predicted octanol–water partition coefficient (Wildman–Crippen LogP) is 3.08. The first-order chi connectivity index (χ1) is 18.7. The summed E-state index contributed by atoms with van der Waals surface area (Å²) in [4.78, 5) is 37.3. The Morgan fingerprint density at radius 3 is 2.10 bits per heavy atom. The number of fused-ring (bicyclic) bond motifs is 1. The van der Waals surface area contributed by atoms with Crippen LogP contribution in [0.3, 0.4) is 0 Å². The maximum Gasteiger partial charge on any atom is 0.490 e. The minimum atomic E-state index is -5.08. The Hall–Kier alpha value is -3.66. The molecule has 0 radical (unpaired) electrons. The van der Waals surface area contributed by atoms with E-state index >= 15 is 0 Å². The van der Waals surface area contributed by atoms with Crippen LogP contribution in [-0.2, 0) is 38.8 Å². The summed E-state index contributed by atoms with van der Waals surface area (Å²) in [6.45, 7) is 4.61. The van der Waals surface area contributed by atoms with E-state index in [1.54, 1.807) is 12.4 Å². The topological polar surface area (TPSA) is 134 Å². The van der Waals surface area contributed by atoms with Gasteiger partial charge in [-0.25, -0.2) is 9.59 Å². The Balaban J connectivity index is 0.000000333. The molecule has 2 aromatic rings. The quantitative estimate of drug-likeness (QED) is 0.469. The van der Waals surface area contributed by atoms with Crippen molar-refractivity contribution in [2.45, 2.75) is 50.9 Å². The van der Waals surface area contributed by atoms with Crippen LogP contribution >= 0.6 is 0 Å². The van der Waals surface area contributed by atoms with Gasteiger partial charge in [0.1, 0.15) is 0 Å². The number of alkyl halides is 6. The van der Waals surface area contributed by atoms with E-state index in [9.17, 15) is 31.1 Å². The van der Waals surface area contributed by atoms with Crippen LogP contribution in [0.15, 0.2) is 42.9 Å². The Kier molecular flexibility index (Phi) is 11.9. The maximum absolute atomic E-state index is 12.9. The van der Waals surface area contributed by atoms with Crippen molar-refractivity contribution in [2.24, 2.45) is 5.92 Å². The monoisotopic (exact) mass is 582 g/mol. The molecule has 1 unspecified atom stereocenters. The molecule has 1 amide bonds. The van der Waals surface area contributed by atoms with Crippen molar-refractivity contribution in [3.8, 4) is 0 Å². The molecule has 16 heteroatoms. The van der Waals surface area contributed by atoms with Crippen molar-refractivity contribution >= 4 is 17.8 Å². The minimum Gasteiger partial charge on any atom is -0.475 e. The highest BCUT2D eigenvalue weighted by molar-refractivity contribution is 5.79. The molecule has 2 aromatic heterocycles. The molecule has 40 heavy (non-hydrogen) atoms. The number of carboxylic acids is 2. The van der Waals surface area contributed by atoms with Crippen LogP contribution in [0.25, 0.3) is 0 Å². The van der Waals surface area contributed by atoms with E-state index in [1.807, 2.05) is 12.1 Å². The van der Waals surface area contributed by atoms with E-state index < -0.39 is 24.3 Å². The number of carboxylic acid groups (broad SMARTS) is 2. The number of nitrogens with zero attached hydrogens (tertiary/aromatic N) is 3. The highest BCUT2D eigenvalue weighted by Crippen LogP contribution is 2.24. The molecule has 0 aromatic carbocycles. The van der Waals surface area contributed by atoms with Gasteiger partial charge in [0.2, 0.25) is 5.91 Å². The fourth-order valence-electron chi connectivity index (χ4n) is 3.95. The van der Waals surface area contributed by atoms with Gasteiger partial charge in [0.05, 0.1) is 5.92 Å². The fraction of sp³-hybridized carbons (Fsp3) is 0.500. The highest BCUT2D eigenvalue weighted by atomic mass is 19.4. The first-order valence-electron chi connectivity index (χ1n) is 11.9. The summed E-state index contributed by atoms with van der Waals surface area (Å²) in [6.07, 6.45) is -2.44. The number of hydrogen-bond donors (Lipinski definition) is 3. The molecule has 2 aliphatic rings. The van der Waals surface area contributed by atoms with Crippen LogP contribution in [0.5, 0.6) is 0 Å². The molecule has 4 rings (SSSR count). The Morgan fingerprint density at radius 2 is 1.57 bits per heavy atom. The third-order valence-corrected chi connectivity index (χ3v) is 5.91. The summed E-state index contributed by atoms with van der Waals surface area (Å²) in [5.74, 6) is -5.45. The van der Waals surface area contributed by atoms with E-state index in [0.717, 1.165) is 51.3 Å². The number of aliphatic carboxylic acids is 2.